The van der Waals surface area contributed by atoms with Gasteiger partial charge in [0.25, 0.3) is 0 Å². The Morgan fingerprint density at radius 2 is 2.42 bits per heavy atom. The van der Waals surface area contributed by atoms with Gasteiger partial charge < -0.3 is 0 Å². The van der Waals surface area contributed by atoms with Crippen LogP contribution in [0.25, 0.3) is 5.57 Å². The fourth-order valence-electron chi connectivity index (χ4n) is 1.79. The molecule has 1 aromatic heterocycles. The monoisotopic (exact) mass is 178 g/mol. The highest BCUT2D eigenvalue weighted by Gasteiger charge is 2.10. The summed E-state index contributed by atoms with van der Waals surface area (Å²) in [5.41, 5.74) is 1.57. The smallest absolute Gasteiger partial charge is 0.0299 e. The van der Waals surface area contributed by atoms with E-state index in [2.05, 4.69) is 30.5 Å². The van der Waals surface area contributed by atoms with Crippen LogP contribution in [0.3, 0.4) is 0 Å². The normalized spacial score (nSPS) is 23.8. The van der Waals surface area contributed by atoms with Gasteiger partial charge >= 0.3 is 0 Å². The largest absolute Gasteiger partial charge is 0.144 e. The van der Waals surface area contributed by atoms with Gasteiger partial charge in [0.2, 0.25) is 0 Å². The molecule has 0 bridgehead atoms. The lowest BCUT2D eigenvalue weighted by Gasteiger charge is -2.16. The molecule has 0 nitrogen and oxygen atoms in total. The van der Waals surface area contributed by atoms with Crippen LogP contribution in [0.5, 0.6) is 0 Å². The Hall–Kier alpha value is -0.560. The third-order valence-electron chi connectivity index (χ3n) is 2.43. The van der Waals surface area contributed by atoms with E-state index in [-0.39, 0.29) is 0 Å². The van der Waals surface area contributed by atoms with E-state index in [1.54, 1.807) is 5.57 Å². The minimum absolute atomic E-state index is 0.788. The summed E-state index contributed by atoms with van der Waals surface area (Å²) >= 11 is 1.86. The van der Waals surface area contributed by atoms with Crippen molar-refractivity contribution in [1.82, 2.24) is 0 Å². The van der Waals surface area contributed by atoms with Gasteiger partial charge in [0, 0.05) is 4.88 Å². The summed E-state index contributed by atoms with van der Waals surface area (Å²) in [4.78, 5) is 1.47. The predicted molar refractivity (Wildman–Crippen MR) is 55.3 cm³/mol. The first kappa shape index (κ1) is 8.06. The molecular weight excluding hydrogens is 164 g/mol. The molecule has 0 saturated carbocycles. The SMILES string of the molecule is C[C@H]1C=C(c2cccs2)CCC1. The zero-order valence-corrected chi connectivity index (χ0v) is 8.23. The molecule has 1 heterocycles. The molecule has 0 unspecified atom stereocenters. The van der Waals surface area contributed by atoms with Gasteiger partial charge in [-0.15, -0.1) is 11.3 Å². The van der Waals surface area contributed by atoms with Gasteiger partial charge in [-0.25, -0.2) is 0 Å². The Bertz CT molecular complexity index is 269. The lowest BCUT2D eigenvalue weighted by Crippen LogP contribution is -1.98. The lowest BCUT2D eigenvalue weighted by atomic mass is 9.91. The van der Waals surface area contributed by atoms with Crippen LogP contribution in [-0.2, 0) is 0 Å². The summed E-state index contributed by atoms with van der Waals surface area (Å²) < 4.78 is 0. The average molecular weight is 178 g/mol. The quantitative estimate of drug-likeness (QED) is 0.610. The number of rotatable bonds is 1. The van der Waals surface area contributed by atoms with E-state index in [1.165, 1.54) is 24.1 Å². The number of hydrogen-bond donors (Lipinski definition) is 0. The van der Waals surface area contributed by atoms with Crippen LogP contribution in [0, 0.1) is 5.92 Å². The van der Waals surface area contributed by atoms with Crippen molar-refractivity contribution in [2.75, 3.05) is 0 Å². The lowest BCUT2D eigenvalue weighted by molar-refractivity contribution is 0.593. The summed E-state index contributed by atoms with van der Waals surface area (Å²) in [6.07, 6.45) is 6.46. The molecule has 1 heteroatoms. The molecule has 0 saturated heterocycles. The summed E-state index contributed by atoms with van der Waals surface area (Å²) in [5, 5.41) is 2.16. The van der Waals surface area contributed by atoms with Crippen molar-refractivity contribution in [1.29, 1.82) is 0 Å². The Labute approximate surface area is 77.9 Å². The van der Waals surface area contributed by atoms with Crippen LogP contribution in [0.2, 0.25) is 0 Å². The molecule has 0 amide bonds. The Morgan fingerprint density at radius 1 is 1.50 bits per heavy atom. The minimum Gasteiger partial charge on any atom is -0.144 e. The second-order valence-corrected chi connectivity index (χ2v) is 4.49. The van der Waals surface area contributed by atoms with Crippen LogP contribution < -0.4 is 0 Å². The first-order chi connectivity index (χ1) is 5.86. The molecule has 0 radical (unpaired) electrons. The second kappa shape index (κ2) is 3.44. The molecule has 1 aliphatic carbocycles. The Kier molecular flexibility index (Phi) is 2.31. The Morgan fingerprint density at radius 3 is 3.08 bits per heavy atom. The maximum Gasteiger partial charge on any atom is 0.0299 e. The summed E-state index contributed by atoms with van der Waals surface area (Å²) in [7, 11) is 0. The molecule has 1 atom stereocenters. The van der Waals surface area contributed by atoms with Crippen molar-refractivity contribution in [3.63, 3.8) is 0 Å². The van der Waals surface area contributed by atoms with Gasteiger partial charge in [0.05, 0.1) is 0 Å². The molecule has 0 aromatic carbocycles. The maximum atomic E-state index is 2.44. The summed E-state index contributed by atoms with van der Waals surface area (Å²) in [6.45, 7) is 2.31. The average Bonchev–Trinajstić information content (AvgIpc) is 2.56. The molecule has 1 aliphatic rings. The zero-order valence-electron chi connectivity index (χ0n) is 7.42. The van der Waals surface area contributed by atoms with E-state index in [0.717, 1.165) is 5.92 Å². The topological polar surface area (TPSA) is 0 Å². The van der Waals surface area contributed by atoms with E-state index < -0.39 is 0 Å². The van der Waals surface area contributed by atoms with Crippen LogP contribution in [-0.4, -0.2) is 0 Å². The molecule has 0 aliphatic heterocycles. The second-order valence-electron chi connectivity index (χ2n) is 3.54. The number of hydrogen-bond acceptors (Lipinski definition) is 1. The Balaban J connectivity index is 2.23. The van der Waals surface area contributed by atoms with Crippen molar-refractivity contribution in [2.24, 2.45) is 5.92 Å². The highest BCUT2D eigenvalue weighted by molar-refractivity contribution is 7.11. The molecular formula is C11H14S. The van der Waals surface area contributed by atoms with E-state index in [4.69, 9.17) is 0 Å². The first-order valence-electron chi connectivity index (χ1n) is 4.61. The maximum absolute atomic E-state index is 2.44. The molecule has 2 rings (SSSR count). The van der Waals surface area contributed by atoms with Gasteiger partial charge in [-0.2, -0.15) is 0 Å². The van der Waals surface area contributed by atoms with Crippen LogP contribution >= 0.6 is 11.3 Å². The third-order valence-corrected chi connectivity index (χ3v) is 3.37. The number of thiophene rings is 1. The van der Waals surface area contributed by atoms with Crippen LogP contribution in [0.15, 0.2) is 23.6 Å². The van der Waals surface area contributed by atoms with Gasteiger partial charge in [0.1, 0.15) is 0 Å². The molecule has 64 valence electrons. The van der Waals surface area contributed by atoms with Crippen molar-refractivity contribution in [3.05, 3.63) is 28.5 Å². The van der Waals surface area contributed by atoms with Crippen molar-refractivity contribution in [2.45, 2.75) is 26.2 Å². The molecule has 1 aromatic rings. The van der Waals surface area contributed by atoms with E-state index >= 15 is 0 Å². The van der Waals surface area contributed by atoms with Gasteiger partial charge in [0.15, 0.2) is 0 Å². The van der Waals surface area contributed by atoms with Gasteiger partial charge in [-0.05, 0) is 42.2 Å². The van der Waals surface area contributed by atoms with Crippen molar-refractivity contribution in [3.8, 4) is 0 Å². The van der Waals surface area contributed by atoms with Gasteiger partial charge in [-0.1, -0.05) is 19.1 Å². The highest BCUT2D eigenvalue weighted by atomic mass is 32.1. The fraction of sp³-hybridized carbons (Fsp3) is 0.455. The van der Waals surface area contributed by atoms with Crippen LogP contribution in [0.4, 0.5) is 0 Å². The summed E-state index contributed by atoms with van der Waals surface area (Å²) in [6, 6.07) is 4.37. The standard InChI is InChI=1S/C11H14S/c1-9-4-2-5-10(8-9)11-6-3-7-12-11/h3,6-9H,2,4-5H2,1H3/t9-/m1/s1. The molecule has 0 fully saturated rings. The highest BCUT2D eigenvalue weighted by Crippen LogP contribution is 2.31. The summed E-state index contributed by atoms with van der Waals surface area (Å²) in [5.74, 6) is 0.788. The molecule has 0 N–H and O–H groups in total. The number of allylic oxidation sites excluding steroid dienone is 2. The van der Waals surface area contributed by atoms with E-state index in [9.17, 15) is 0 Å². The predicted octanol–water partition coefficient (Wildman–Crippen LogP) is 3.95. The van der Waals surface area contributed by atoms with E-state index in [0.29, 0.717) is 0 Å². The van der Waals surface area contributed by atoms with Crippen LogP contribution in [0.1, 0.15) is 31.1 Å². The first-order valence-corrected chi connectivity index (χ1v) is 5.49. The van der Waals surface area contributed by atoms with E-state index in [1.807, 2.05) is 11.3 Å². The molecule has 0 spiro atoms. The third kappa shape index (κ3) is 1.61. The fourth-order valence-corrected chi connectivity index (χ4v) is 2.57. The van der Waals surface area contributed by atoms with Crippen molar-refractivity contribution >= 4 is 16.9 Å². The van der Waals surface area contributed by atoms with Gasteiger partial charge in [-0.3, -0.25) is 0 Å². The van der Waals surface area contributed by atoms with Crippen molar-refractivity contribution < 1.29 is 0 Å². The minimum atomic E-state index is 0.788. The zero-order chi connectivity index (χ0) is 8.39. The molecule has 12 heavy (non-hydrogen) atoms.